The van der Waals surface area contributed by atoms with Gasteiger partial charge in [0.15, 0.2) is 0 Å². The van der Waals surface area contributed by atoms with Crippen molar-refractivity contribution in [1.29, 1.82) is 0 Å². The fraction of sp³-hybridized carbons (Fsp3) is 0.267. The van der Waals surface area contributed by atoms with E-state index in [4.69, 9.17) is 11.6 Å². The highest BCUT2D eigenvalue weighted by atomic mass is 35.5. The predicted molar refractivity (Wildman–Crippen MR) is 82.1 cm³/mol. The van der Waals surface area contributed by atoms with E-state index in [9.17, 15) is 4.39 Å². The number of hydrogen-bond donors (Lipinski definition) is 0. The SMILES string of the molecule is CC(Cl)c1nc2ccc(F)cc2n1C(C)c1cccs1. The first-order valence-electron chi connectivity index (χ1n) is 6.43. The molecule has 0 fully saturated rings. The highest BCUT2D eigenvalue weighted by Crippen LogP contribution is 2.32. The van der Waals surface area contributed by atoms with Crippen LogP contribution in [0.2, 0.25) is 0 Å². The summed E-state index contributed by atoms with van der Waals surface area (Å²) in [6, 6.07) is 8.82. The molecule has 2 atom stereocenters. The van der Waals surface area contributed by atoms with Gasteiger partial charge in [-0.3, -0.25) is 0 Å². The van der Waals surface area contributed by atoms with Gasteiger partial charge in [0.1, 0.15) is 11.6 Å². The molecule has 1 aromatic carbocycles. The Hall–Kier alpha value is -1.39. The summed E-state index contributed by atoms with van der Waals surface area (Å²) in [7, 11) is 0. The fourth-order valence-electron chi connectivity index (χ4n) is 2.43. The molecule has 0 aliphatic heterocycles. The molecule has 0 bridgehead atoms. The molecule has 104 valence electrons. The third-order valence-corrected chi connectivity index (χ3v) is 4.61. The lowest BCUT2D eigenvalue weighted by Gasteiger charge is -2.17. The van der Waals surface area contributed by atoms with Gasteiger partial charge in [-0.05, 0) is 43.5 Å². The van der Waals surface area contributed by atoms with Gasteiger partial charge in [0.05, 0.1) is 22.5 Å². The summed E-state index contributed by atoms with van der Waals surface area (Å²) in [4.78, 5) is 5.75. The molecule has 0 spiro atoms. The highest BCUT2D eigenvalue weighted by Gasteiger charge is 2.20. The van der Waals surface area contributed by atoms with Gasteiger partial charge in [-0.1, -0.05) is 6.07 Å². The average Bonchev–Trinajstić information content (AvgIpc) is 3.04. The monoisotopic (exact) mass is 308 g/mol. The summed E-state index contributed by atoms with van der Waals surface area (Å²) < 4.78 is 15.6. The van der Waals surface area contributed by atoms with Gasteiger partial charge in [0, 0.05) is 4.88 Å². The van der Waals surface area contributed by atoms with Gasteiger partial charge in [0.2, 0.25) is 0 Å². The van der Waals surface area contributed by atoms with Gasteiger partial charge in [-0.25, -0.2) is 9.37 Å². The maximum atomic E-state index is 13.6. The van der Waals surface area contributed by atoms with Crippen LogP contribution in [0.1, 0.15) is 36.0 Å². The van der Waals surface area contributed by atoms with Crippen molar-refractivity contribution in [1.82, 2.24) is 9.55 Å². The maximum absolute atomic E-state index is 13.6. The molecule has 2 unspecified atom stereocenters. The van der Waals surface area contributed by atoms with E-state index in [1.54, 1.807) is 17.4 Å². The quantitative estimate of drug-likeness (QED) is 0.612. The topological polar surface area (TPSA) is 17.8 Å². The Morgan fingerprint density at radius 3 is 2.75 bits per heavy atom. The van der Waals surface area contributed by atoms with Crippen LogP contribution < -0.4 is 0 Å². The number of benzene rings is 1. The second-order valence-corrected chi connectivity index (χ2v) is 6.41. The van der Waals surface area contributed by atoms with Crippen LogP contribution in [0, 0.1) is 5.82 Å². The van der Waals surface area contributed by atoms with Crippen molar-refractivity contribution in [2.45, 2.75) is 25.3 Å². The number of thiophene rings is 1. The van der Waals surface area contributed by atoms with Crippen molar-refractivity contribution in [3.8, 4) is 0 Å². The summed E-state index contributed by atoms with van der Waals surface area (Å²) in [5.41, 5.74) is 1.56. The molecule has 0 saturated heterocycles. The first kappa shape index (κ1) is 13.6. The van der Waals surface area contributed by atoms with Crippen LogP contribution in [0.15, 0.2) is 35.7 Å². The molecule has 2 heterocycles. The maximum Gasteiger partial charge on any atom is 0.128 e. The van der Waals surface area contributed by atoms with E-state index in [-0.39, 0.29) is 17.2 Å². The lowest BCUT2D eigenvalue weighted by molar-refractivity contribution is 0.615. The van der Waals surface area contributed by atoms with Crippen LogP contribution in [-0.2, 0) is 0 Å². The molecule has 2 nitrogen and oxygen atoms in total. The van der Waals surface area contributed by atoms with Crippen molar-refractivity contribution < 1.29 is 4.39 Å². The second-order valence-electron chi connectivity index (χ2n) is 4.78. The second kappa shape index (κ2) is 5.19. The first-order chi connectivity index (χ1) is 9.58. The fourth-order valence-corrected chi connectivity index (χ4v) is 3.36. The minimum absolute atomic E-state index is 0.0815. The summed E-state index contributed by atoms with van der Waals surface area (Å²) in [6.07, 6.45) is 0. The molecular weight excluding hydrogens is 295 g/mol. The Bertz CT molecular complexity index is 734. The molecule has 3 rings (SSSR count). The molecule has 0 aliphatic carbocycles. The standard InChI is InChI=1S/C15H14ClFN2S/c1-9(16)15-18-12-6-5-11(17)8-13(12)19(15)10(2)14-4-3-7-20-14/h3-10H,1-2H3. The van der Waals surface area contributed by atoms with Gasteiger partial charge in [0.25, 0.3) is 0 Å². The Morgan fingerprint density at radius 2 is 2.10 bits per heavy atom. The number of halogens is 2. The molecule has 2 aromatic heterocycles. The molecule has 5 heteroatoms. The number of fused-ring (bicyclic) bond motifs is 1. The number of imidazole rings is 1. The smallest absolute Gasteiger partial charge is 0.128 e. The number of aromatic nitrogens is 2. The zero-order valence-corrected chi connectivity index (χ0v) is 12.7. The summed E-state index contributed by atoms with van der Waals surface area (Å²) in [5, 5.41) is 1.81. The van der Waals surface area contributed by atoms with E-state index < -0.39 is 0 Å². The van der Waals surface area contributed by atoms with E-state index >= 15 is 0 Å². The van der Waals surface area contributed by atoms with Gasteiger partial charge < -0.3 is 4.57 Å². The van der Waals surface area contributed by atoms with Crippen molar-refractivity contribution in [2.75, 3.05) is 0 Å². The van der Waals surface area contributed by atoms with Crippen LogP contribution in [0.25, 0.3) is 11.0 Å². The highest BCUT2D eigenvalue weighted by molar-refractivity contribution is 7.10. The predicted octanol–water partition coefficient (Wildman–Crippen LogP) is 5.15. The molecule has 3 aromatic rings. The average molecular weight is 309 g/mol. The number of rotatable bonds is 3. The number of nitrogens with zero attached hydrogens (tertiary/aromatic N) is 2. The van der Waals surface area contributed by atoms with Crippen molar-refractivity contribution >= 4 is 34.0 Å². The molecular formula is C15H14ClFN2S. The largest absolute Gasteiger partial charge is 0.318 e. The lowest BCUT2D eigenvalue weighted by Crippen LogP contribution is -2.10. The van der Waals surface area contributed by atoms with Crippen LogP contribution in [0.3, 0.4) is 0 Å². The number of hydrogen-bond acceptors (Lipinski definition) is 2. The van der Waals surface area contributed by atoms with Crippen molar-refractivity contribution in [3.05, 3.63) is 52.2 Å². The van der Waals surface area contributed by atoms with Gasteiger partial charge >= 0.3 is 0 Å². The van der Waals surface area contributed by atoms with E-state index in [1.165, 1.54) is 17.0 Å². The molecule has 0 radical (unpaired) electrons. The molecule has 0 amide bonds. The van der Waals surface area contributed by atoms with Crippen molar-refractivity contribution in [2.24, 2.45) is 0 Å². The van der Waals surface area contributed by atoms with Crippen molar-refractivity contribution in [3.63, 3.8) is 0 Å². The Morgan fingerprint density at radius 1 is 1.30 bits per heavy atom. The van der Waals surface area contributed by atoms with Crippen LogP contribution in [-0.4, -0.2) is 9.55 Å². The zero-order chi connectivity index (χ0) is 14.3. The summed E-state index contributed by atoms with van der Waals surface area (Å²) in [5.74, 6) is 0.513. The minimum Gasteiger partial charge on any atom is -0.318 e. The minimum atomic E-state index is -0.259. The summed E-state index contributed by atoms with van der Waals surface area (Å²) >= 11 is 7.93. The Kier molecular flexibility index (Phi) is 3.52. The zero-order valence-electron chi connectivity index (χ0n) is 11.2. The van der Waals surface area contributed by atoms with Gasteiger partial charge in [-0.2, -0.15) is 0 Å². The van der Waals surface area contributed by atoms with E-state index in [2.05, 4.69) is 18.0 Å². The summed E-state index contributed by atoms with van der Waals surface area (Å²) in [6.45, 7) is 3.97. The van der Waals surface area contributed by atoms with E-state index in [1.807, 2.05) is 22.9 Å². The van der Waals surface area contributed by atoms with Crippen LogP contribution in [0.5, 0.6) is 0 Å². The third kappa shape index (κ3) is 2.23. The lowest BCUT2D eigenvalue weighted by atomic mass is 10.2. The Labute approximate surface area is 125 Å². The van der Waals surface area contributed by atoms with E-state index in [0.717, 1.165) is 16.9 Å². The molecule has 20 heavy (non-hydrogen) atoms. The van der Waals surface area contributed by atoms with Gasteiger partial charge in [-0.15, -0.1) is 22.9 Å². The van der Waals surface area contributed by atoms with Crippen LogP contribution in [0.4, 0.5) is 4.39 Å². The first-order valence-corrected chi connectivity index (χ1v) is 7.74. The van der Waals surface area contributed by atoms with E-state index in [0.29, 0.717) is 0 Å². The molecule has 0 aliphatic rings. The molecule has 0 saturated carbocycles. The third-order valence-electron chi connectivity index (χ3n) is 3.38. The normalized spacial score (nSPS) is 14.6. The molecule has 0 N–H and O–H groups in total. The Balaban J connectivity index is 2.25. The number of alkyl halides is 1. The van der Waals surface area contributed by atoms with Crippen LogP contribution >= 0.6 is 22.9 Å².